The van der Waals surface area contributed by atoms with E-state index in [9.17, 15) is 9.59 Å². The van der Waals surface area contributed by atoms with Crippen LogP contribution in [0.4, 0.5) is 5.00 Å². The number of rotatable bonds is 7. The molecule has 144 valence electrons. The highest BCUT2D eigenvalue weighted by Gasteiger charge is 2.22. The van der Waals surface area contributed by atoms with Crippen LogP contribution in [0.5, 0.6) is 5.75 Å². The zero-order valence-electron chi connectivity index (χ0n) is 15.2. The van der Waals surface area contributed by atoms with Gasteiger partial charge in [0.25, 0.3) is 0 Å². The van der Waals surface area contributed by atoms with Crippen LogP contribution in [0.2, 0.25) is 0 Å². The molecule has 28 heavy (non-hydrogen) atoms. The molecular weight excluding hydrogens is 398 g/mol. The van der Waals surface area contributed by atoms with Gasteiger partial charge in [-0.2, -0.15) is 0 Å². The summed E-state index contributed by atoms with van der Waals surface area (Å²) in [6.45, 7) is 0. The number of carbonyl (C=O) groups is 2. The summed E-state index contributed by atoms with van der Waals surface area (Å²) in [7, 11) is 2.90. The predicted octanol–water partition coefficient (Wildman–Crippen LogP) is 3.73. The van der Waals surface area contributed by atoms with Gasteiger partial charge in [-0.15, -0.1) is 11.3 Å². The SMILES string of the molecule is COC(=O)c1c(-c2ccc(OC)cc2)csc1NC(=O)CSc1ncccn1. The molecular formula is C19H17N3O4S2. The second kappa shape index (κ2) is 9.34. The molecule has 0 aliphatic heterocycles. The van der Waals surface area contributed by atoms with E-state index in [2.05, 4.69) is 15.3 Å². The third kappa shape index (κ3) is 4.68. The largest absolute Gasteiger partial charge is 0.497 e. The van der Waals surface area contributed by atoms with Crippen molar-refractivity contribution in [3.8, 4) is 16.9 Å². The maximum Gasteiger partial charge on any atom is 0.341 e. The summed E-state index contributed by atoms with van der Waals surface area (Å²) in [6.07, 6.45) is 3.23. The average molecular weight is 415 g/mol. The Morgan fingerprint density at radius 1 is 1.14 bits per heavy atom. The predicted molar refractivity (Wildman–Crippen MR) is 109 cm³/mol. The molecule has 0 saturated heterocycles. The Bertz CT molecular complexity index is 959. The number of hydrogen-bond donors (Lipinski definition) is 1. The van der Waals surface area contributed by atoms with Gasteiger partial charge in [0.1, 0.15) is 16.3 Å². The molecule has 9 heteroatoms. The number of anilines is 1. The van der Waals surface area contributed by atoms with Crippen LogP contribution in [0.15, 0.2) is 53.3 Å². The van der Waals surface area contributed by atoms with Crippen molar-refractivity contribution in [1.29, 1.82) is 0 Å². The van der Waals surface area contributed by atoms with Crippen molar-refractivity contribution in [2.45, 2.75) is 5.16 Å². The number of nitrogens with zero attached hydrogens (tertiary/aromatic N) is 2. The van der Waals surface area contributed by atoms with Crippen molar-refractivity contribution in [3.63, 3.8) is 0 Å². The molecule has 0 radical (unpaired) electrons. The van der Waals surface area contributed by atoms with E-state index in [1.54, 1.807) is 25.6 Å². The number of ether oxygens (including phenoxy) is 2. The Kier molecular flexibility index (Phi) is 6.62. The van der Waals surface area contributed by atoms with Gasteiger partial charge in [0.2, 0.25) is 5.91 Å². The van der Waals surface area contributed by atoms with Crippen molar-refractivity contribution in [2.75, 3.05) is 25.3 Å². The molecule has 0 unspecified atom stereocenters. The highest BCUT2D eigenvalue weighted by atomic mass is 32.2. The van der Waals surface area contributed by atoms with E-state index >= 15 is 0 Å². The highest BCUT2D eigenvalue weighted by molar-refractivity contribution is 7.99. The summed E-state index contributed by atoms with van der Waals surface area (Å²) in [5.74, 6) is 0.0693. The van der Waals surface area contributed by atoms with Crippen LogP contribution in [0, 0.1) is 0 Å². The zero-order valence-corrected chi connectivity index (χ0v) is 16.8. The number of thiophene rings is 1. The molecule has 1 N–H and O–H groups in total. The Labute approximate surface area is 170 Å². The van der Waals surface area contributed by atoms with Crippen molar-refractivity contribution in [2.24, 2.45) is 0 Å². The summed E-state index contributed by atoms with van der Waals surface area (Å²) in [5, 5.41) is 5.56. The van der Waals surface area contributed by atoms with Gasteiger partial charge in [0.15, 0.2) is 5.16 Å². The fraction of sp³-hybridized carbons (Fsp3) is 0.158. The number of amides is 1. The highest BCUT2D eigenvalue weighted by Crippen LogP contribution is 2.36. The topological polar surface area (TPSA) is 90.4 Å². The second-order valence-electron chi connectivity index (χ2n) is 5.44. The van der Waals surface area contributed by atoms with Crippen molar-refractivity contribution < 1.29 is 19.1 Å². The number of hydrogen-bond acceptors (Lipinski definition) is 8. The molecule has 0 atom stereocenters. The van der Waals surface area contributed by atoms with Crippen LogP contribution in [-0.2, 0) is 9.53 Å². The summed E-state index contributed by atoms with van der Waals surface area (Å²) in [5.41, 5.74) is 1.84. The Hall–Kier alpha value is -2.91. The van der Waals surface area contributed by atoms with Gasteiger partial charge in [-0.05, 0) is 23.8 Å². The number of nitrogens with one attached hydrogen (secondary N) is 1. The Morgan fingerprint density at radius 3 is 2.50 bits per heavy atom. The summed E-state index contributed by atoms with van der Waals surface area (Å²) in [6, 6.07) is 9.02. The van der Waals surface area contributed by atoms with E-state index < -0.39 is 5.97 Å². The van der Waals surface area contributed by atoms with E-state index in [0.29, 0.717) is 27.0 Å². The van der Waals surface area contributed by atoms with Crippen LogP contribution < -0.4 is 10.1 Å². The lowest BCUT2D eigenvalue weighted by molar-refractivity contribution is -0.113. The van der Waals surface area contributed by atoms with Gasteiger partial charge in [0, 0.05) is 23.3 Å². The molecule has 3 aromatic rings. The molecule has 1 amide bonds. The summed E-state index contributed by atoms with van der Waals surface area (Å²) < 4.78 is 10.1. The first-order valence-electron chi connectivity index (χ1n) is 8.16. The lowest BCUT2D eigenvalue weighted by Crippen LogP contribution is -2.16. The third-order valence-electron chi connectivity index (χ3n) is 3.71. The normalized spacial score (nSPS) is 10.4. The van der Waals surface area contributed by atoms with Crippen LogP contribution in [0.1, 0.15) is 10.4 Å². The molecule has 2 aromatic heterocycles. The molecule has 0 aliphatic rings. The van der Waals surface area contributed by atoms with E-state index in [1.807, 2.05) is 29.6 Å². The van der Waals surface area contributed by atoms with Crippen LogP contribution in [0.25, 0.3) is 11.1 Å². The fourth-order valence-electron chi connectivity index (χ4n) is 2.39. The molecule has 0 spiro atoms. The first-order valence-corrected chi connectivity index (χ1v) is 10.0. The molecule has 3 rings (SSSR count). The number of benzene rings is 1. The molecule has 0 bridgehead atoms. The van der Waals surface area contributed by atoms with Crippen LogP contribution in [-0.4, -0.2) is 41.8 Å². The minimum Gasteiger partial charge on any atom is -0.497 e. The first-order chi connectivity index (χ1) is 13.6. The second-order valence-corrected chi connectivity index (χ2v) is 7.26. The van der Waals surface area contributed by atoms with Crippen LogP contribution in [0.3, 0.4) is 0 Å². The van der Waals surface area contributed by atoms with E-state index in [0.717, 1.165) is 5.56 Å². The maximum atomic E-state index is 12.4. The molecule has 0 fully saturated rings. The summed E-state index contributed by atoms with van der Waals surface area (Å²) >= 11 is 2.49. The number of methoxy groups -OCH3 is 2. The van der Waals surface area contributed by atoms with E-state index in [-0.39, 0.29) is 11.7 Å². The van der Waals surface area contributed by atoms with Gasteiger partial charge in [-0.25, -0.2) is 14.8 Å². The lowest BCUT2D eigenvalue weighted by atomic mass is 10.0. The quantitative estimate of drug-likeness (QED) is 0.357. The molecule has 1 aromatic carbocycles. The Balaban J connectivity index is 1.79. The minimum atomic E-state index is -0.513. The van der Waals surface area contributed by atoms with Crippen molar-refractivity contribution in [1.82, 2.24) is 9.97 Å². The number of esters is 1. The maximum absolute atomic E-state index is 12.4. The smallest absolute Gasteiger partial charge is 0.341 e. The lowest BCUT2D eigenvalue weighted by Gasteiger charge is -2.08. The monoisotopic (exact) mass is 415 g/mol. The van der Waals surface area contributed by atoms with E-state index in [4.69, 9.17) is 9.47 Å². The van der Waals surface area contributed by atoms with Gasteiger partial charge < -0.3 is 14.8 Å². The van der Waals surface area contributed by atoms with E-state index in [1.165, 1.54) is 30.2 Å². The molecule has 7 nitrogen and oxygen atoms in total. The minimum absolute atomic E-state index is 0.125. The van der Waals surface area contributed by atoms with Crippen molar-refractivity contribution >= 4 is 40.0 Å². The fourth-order valence-corrected chi connectivity index (χ4v) is 3.97. The number of carbonyl (C=O) groups excluding carboxylic acids is 2. The summed E-state index contributed by atoms with van der Waals surface area (Å²) in [4.78, 5) is 32.8. The van der Waals surface area contributed by atoms with Gasteiger partial charge >= 0.3 is 5.97 Å². The van der Waals surface area contributed by atoms with Gasteiger partial charge in [-0.3, -0.25) is 4.79 Å². The average Bonchev–Trinajstić information content (AvgIpc) is 3.16. The first kappa shape index (κ1) is 19.8. The third-order valence-corrected chi connectivity index (χ3v) is 5.48. The van der Waals surface area contributed by atoms with Gasteiger partial charge in [0.05, 0.1) is 20.0 Å². The molecule has 0 saturated carbocycles. The molecule has 0 aliphatic carbocycles. The standard InChI is InChI=1S/C19H17N3O4S2/c1-25-13-6-4-12(5-7-13)14-10-27-17(16(14)18(24)26-2)22-15(23)11-28-19-20-8-3-9-21-19/h3-10H,11H2,1-2H3,(H,22,23). The Morgan fingerprint density at radius 2 is 1.86 bits per heavy atom. The molecule has 2 heterocycles. The number of thioether (sulfide) groups is 1. The number of aromatic nitrogens is 2. The van der Waals surface area contributed by atoms with Crippen LogP contribution >= 0.6 is 23.1 Å². The zero-order chi connectivity index (χ0) is 19.9. The van der Waals surface area contributed by atoms with Gasteiger partial charge in [-0.1, -0.05) is 23.9 Å². The van der Waals surface area contributed by atoms with Crippen molar-refractivity contribution in [3.05, 3.63) is 53.7 Å².